The van der Waals surface area contributed by atoms with Gasteiger partial charge in [0.15, 0.2) is 5.43 Å². The molecule has 0 atom stereocenters. The lowest BCUT2D eigenvalue weighted by Gasteiger charge is -2.07. The molecule has 0 saturated carbocycles. The highest BCUT2D eigenvalue weighted by Gasteiger charge is 2.05. The molecular weight excluding hydrogens is 222 g/mol. The van der Waals surface area contributed by atoms with Crippen LogP contribution >= 0.6 is 0 Å². The van der Waals surface area contributed by atoms with Crippen LogP contribution in [0.2, 0.25) is 0 Å². The van der Waals surface area contributed by atoms with Crippen molar-refractivity contribution in [2.45, 2.75) is 6.92 Å². The van der Waals surface area contributed by atoms with Gasteiger partial charge in [-0.05, 0) is 24.6 Å². The van der Waals surface area contributed by atoms with E-state index in [2.05, 4.69) is 4.98 Å². The Morgan fingerprint density at radius 1 is 0.944 bits per heavy atom. The number of nitrogens with one attached hydrogen (secondary N) is 1. The van der Waals surface area contributed by atoms with Crippen LogP contribution in [0, 0.1) is 6.92 Å². The van der Waals surface area contributed by atoms with Crippen molar-refractivity contribution in [1.29, 1.82) is 0 Å². The first-order valence-electron chi connectivity index (χ1n) is 5.94. The molecule has 2 heteroatoms. The molecule has 3 rings (SSSR count). The van der Waals surface area contributed by atoms with Crippen molar-refractivity contribution in [3.05, 3.63) is 70.4 Å². The maximum atomic E-state index is 12.1. The van der Waals surface area contributed by atoms with Gasteiger partial charge in [0.05, 0.1) is 0 Å². The quantitative estimate of drug-likeness (QED) is 0.688. The van der Waals surface area contributed by atoms with Gasteiger partial charge in [0.25, 0.3) is 0 Å². The van der Waals surface area contributed by atoms with Gasteiger partial charge in [0, 0.05) is 28.2 Å². The summed E-state index contributed by atoms with van der Waals surface area (Å²) in [4.78, 5) is 15.4. The van der Waals surface area contributed by atoms with E-state index in [-0.39, 0.29) is 5.43 Å². The topological polar surface area (TPSA) is 32.9 Å². The Bertz CT molecular complexity index is 771. The van der Waals surface area contributed by atoms with Crippen LogP contribution < -0.4 is 5.43 Å². The third kappa shape index (κ3) is 1.72. The Morgan fingerprint density at radius 3 is 2.50 bits per heavy atom. The fourth-order valence-corrected chi connectivity index (χ4v) is 2.22. The summed E-state index contributed by atoms with van der Waals surface area (Å²) in [6, 6.07) is 17.3. The minimum Gasteiger partial charge on any atom is -0.354 e. The number of fused-ring (bicyclic) bond motifs is 1. The summed E-state index contributed by atoms with van der Waals surface area (Å²) >= 11 is 0. The molecule has 0 fully saturated rings. The third-order valence-electron chi connectivity index (χ3n) is 3.17. The molecule has 1 N–H and O–H groups in total. The Labute approximate surface area is 105 Å². The Balaban J connectivity index is 2.32. The molecule has 0 saturated heterocycles. The fraction of sp³-hybridized carbons (Fsp3) is 0.0625. The molecule has 0 unspecified atom stereocenters. The molecule has 3 aromatic rings. The molecular formula is C16H13NO. The minimum absolute atomic E-state index is 0.0580. The van der Waals surface area contributed by atoms with E-state index in [1.165, 1.54) is 0 Å². The number of hydrogen-bond acceptors (Lipinski definition) is 1. The molecule has 18 heavy (non-hydrogen) atoms. The van der Waals surface area contributed by atoms with Crippen molar-refractivity contribution in [3.63, 3.8) is 0 Å². The summed E-state index contributed by atoms with van der Waals surface area (Å²) in [6.45, 7) is 2.04. The number of pyridine rings is 1. The molecule has 0 aliphatic rings. The molecule has 0 aliphatic carbocycles. The zero-order valence-corrected chi connectivity index (χ0v) is 10.1. The second kappa shape index (κ2) is 4.15. The standard InChI is InChI=1S/C16H13NO/c1-11-6-2-3-7-12(11)15-10-16(18)13-8-4-5-9-14(13)17-15/h2-10H,1H3,(H,17,18). The normalized spacial score (nSPS) is 10.7. The number of hydrogen-bond donors (Lipinski definition) is 1. The van der Waals surface area contributed by atoms with Gasteiger partial charge in [-0.15, -0.1) is 0 Å². The predicted octanol–water partition coefficient (Wildman–Crippen LogP) is 3.50. The van der Waals surface area contributed by atoms with E-state index in [0.717, 1.165) is 27.7 Å². The van der Waals surface area contributed by atoms with Crippen molar-refractivity contribution in [2.24, 2.45) is 0 Å². The van der Waals surface area contributed by atoms with Gasteiger partial charge >= 0.3 is 0 Å². The van der Waals surface area contributed by atoms with Crippen LogP contribution in [0.25, 0.3) is 22.2 Å². The first-order valence-corrected chi connectivity index (χ1v) is 5.94. The van der Waals surface area contributed by atoms with Crippen LogP contribution in [0.3, 0.4) is 0 Å². The first kappa shape index (κ1) is 10.8. The average molecular weight is 235 g/mol. The number of para-hydroxylation sites is 1. The summed E-state index contributed by atoms with van der Waals surface area (Å²) in [5, 5.41) is 0.731. The monoisotopic (exact) mass is 235 g/mol. The van der Waals surface area contributed by atoms with Gasteiger partial charge in [0.1, 0.15) is 0 Å². The molecule has 0 radical (unpaired) electrons. The van der Waals surface area contributed by atoms with Crippen molar-refractivity contribution in [3.8, 4) is 11.3 Å². The first-order chi connectivity index (χ1) is 8.75. The van der Waals surface area contributed by atoms with E-state index in [1.807, 2.05) is 55.5 Å². The van der Waals surface area contributed by atoms with Gasteiger partial charge in [-0.1, -0.05) is 36.4 Å². The van der Waals surface area contributed by atoms with Crippen LogP contribution in [-0.4, -0.2) is 4.98 Å². The summed E-state index contributed by atoms with van der Waals surface area (Å²) in [5.74, 6) is 0. The molecule has 1 aromatic heterocycles. The van der Waals surface area contributed by atoms with E-state index in [1.54, 1.807) is 6.07 Å². The van der Waals surface area contributed by atoms with Crippen LogP contribution in [0.5, 0.6) is 0 Å². The molecule has 2 aromatic carbocycles. The zero-order valence-electron chi connectivity index (χ0n) is 10.1. The van der Waals surface area contributed by atoms with E-state index in [0.29, 0.717) is 0 Å². The van der Waals surface area contributed by atoms with Crippen LogP contribution in [-0.2, 0) is 0 Å². The van der Waals surface area contributed by atoms with Gasteiger partial charge < -0.3 is 4.98 Å². The van der Waals surface area contributed by atoms with Crippen molar-refractivity contribution in [1.82, 2.24) is 4.98 Å². The summed E-state index contributed by atoms with van der Waals surface area (Å²) in [7, 11) is 0. The number of aryl methyl sites for hydroxylation is 1. The maximum absolute atomic E-state index is 12.1. The number of aromatic nitrogens is 1. The number of H-pyrrole nitrogens is 1. The Hall–Kier alpha value is -2.35. The lowest BCUT2D eigenvalue weighted by molar-refractivity contribution is 1.35. The second-order valence-corrected chi connectivity index (χ2v) is 4.41. The van der Waals surface area contributed by atoms with E-state index in [9.17, 15) is 4.79 Å². The maximum Gasteiger partial charge on any atom is 0.190 e. The van der Waals surface area contributed by atoms with Gasteiger partial charge in [-0.25, -0.2) is 0 Å². The van der Waals surface area contributed by atoms with Crippen LogP contribution in [0.4, 0.5) is 0 Å². The molecule has 0 aliphatic heterocycles. The smallest absolute Gasteiger partial charge is 0.190 e. The van der Waals surface area contributed by atoms with E-state index >= 15 is 0 Å². The largest absolute Gasteiger partial charge is 0.354 e. The summed E-state index contributed by atoms with van der Waals surface area (Å²) in [6.07, 6.45) is 0. The lowest BCUT2D eigenvalue weighted by atomic mass is 10.0. The number of aromatic amines is 1. The molecule has 0 bridgehead atoms. The van der Waals surface area contributed by atoms with Crippen LogP contribution in [0.15, 0.2) is 59.4 Å². The SMILES string of the molecule is Cc1ccccc1-c1cc(=O)c2ccccc2[nH]1. The summed E-state index contributed by atoms with van der Waals surface area (Å²) < 4.78 is 0. The number of benzene rings is 2. The van der Waals surface area contributed by atoms with Crippen molar-refractivity contribution < 1.29 is 0 Å². The minimum atomic E-state index is 0.0580. The van der Waals surface area contributed by atoms with Gasteiger partial charge in [-0.2, -0.15) is 0 Å². The van der Waals surface area contributed by atoms with Gasteiger partial charge in [0.2, 0.25) is 0 Å². The Morgan fingerprint density at radius 2 is 1.67 bits per heavy atom. The van der Waals surface area contributed by atoms with E-state index in [4.69, 9.17) is 0 Å². The highest BCUT2D eigenvalue weighted by Crippen LogP contribution is 2.21. The van der Waals surface area contributed by atoms with Crippen LogP contribution in [0.1, 0.15) is 5.56 Å². The molecule has 0 spiro atoms. The number of rotatable bonds is 1. The Kier molecular flexibility index (Phi) is 2.49. The second-order valence-electron chi connectivity index (χ2n) is 4.41. The highest BCUT2D eigenvalue weighted by molar-refractivity contribution is 5.81. The molecule has 88 valence electrons. The molecule has 1 heterocycles. The average Bonchev–Trinajstić information content (AvgIpc) is 2.39. The highest BCUT2D eigenvalue weighted by atomic mass is 16.1. The molecule has 0 amide bonds. The fourth-order valence-electron chi connectivity index (χ4n) is 2.22. The van der Waals surface area contributed by atoms with Crippen molar-refractivity contribution >= 4 is 10.9 Å². The van der Waals surface area contributed by atoms with E-state index < -0.39 is 0 Å². The van der Waals surface area contributed by atoms with Crippen molar-refractivity contribution in [2.75, 3.05) is 0 Å². The predicted molar refractivity (Wildman–Crippen MR) is 74.7 cm³/mol. The zero-order chi connectivity index (χ0) is 12.5. The third-order valence-corrected chi connectivity index (χ3v) is 3.17. The summed E-state index contributed by atoms with van der Waals surface area (Å²) in [5.41, 5.74) is 4.03. The molecule has 2 nitrogen and oxygen atoms in total. The lowest BCUT2D eigenvalue weighted by Crippen LogP contribution is -2.03. The van der Waals surface area contributed by atoms with Gasteiger partial charge in [-0.3, -0.25) is 4.79 Å².